The third-order valence-electron chi connectivity index (χ3n) is 2.55. The first-order chi connectivity index (χ1) is 7.03. The molecule has 1 aliphatic rings. The molecule has 0 heterocycles. The number of sulfone groups is 1. The van der Waals surface area contributed by atoms with Crippen molar-refractivity contribution in [3.8, 4) is 6.07 Å². The minimum atomic E-state index is -3.84. The predicted molar refractivity (Wildman–Crippen MR) is 51.2 cm³/mol. The highest BCUT2D eigenvalue weighted by Gasteiger charge is 2.56. The number of nitrogens with zero attached hydrogens (tertiary/aromatic N) is 1. The fourth-order valence-electron chi connectivity index (χ4n) is 1.43. The van der Waals surface area contributed by atoms with Gasteiger partial charge in [-0.2, -0.15) is 5.26 Å². The van der Waals surface area contributed by atoms with E-state index in [4.69, 9.17) is 5.26 Å². The van der Waals surface area contributed by atoms with E-state index in [1.165, 1.54) is 18.2 Å². The van der Waals surface area contributed by atoms with Gasteiger partial charge in [0.15, 0.2) is 14.6 Å². The van der Waals surface area contributed by atoms with Gasteiger partial charge in [-0.25, -0.2) is 12.8 Å². The predicted octanol–water partition coefficient (Wildman–Crippen LogP) is 1.66. The van der Waals surface area contributed by atoms with E-state index < -0.39 is 20.4 Å². The van der Waals surface area contributed by atoms with E-state index in [2.05, 4.69) is 0 Å². The highest BCUT2D eigenvalue weighted by atomic mass is 32.2. The summed E-state index contributed by atoms with van der Waals surface area (Å²) in [4.78, 5) is -0.371. The second kappa shape index (κ2) is 3.04. The number of hydrogen-bond donors (Lipinski definition) is 0. The summed E-state index contributed by atoms with van der Waals surface area (Å²) in [6.07, 6.45) is 0.584. The Morgan fingerprint density at radius 3 is 2.40 bits per heavy atom. The fourth-order valence-corrected chi connectivity index (χ4v) is 3.19. The van der Waals surface area contributed by atoms with Gasteiger partial charge >= 0.3 is 0 Å². The van der Waals surface area contributed by atoms with Crippen LogP contribution in [0.3, 0.4) is 0 Å². The molecule has 0 unspecified atom stereocenters. The minimum absolute atomic E-state index is 0.292. The van der Waals surface area contributed by atoms with Gasteiger partial charge in [-0.1, -0.05) is 12.1 Å². The lowest BCUT2D eigenvalue weighted by molar-refractivity contribution is 0.561. The van der Waals surface area contributed by atoms with Crippen LogP contribution in [-0.2, 0) is 9.84 Å². The standard InChI is InChI=1S/C10H8FNO2S/c11-8-3-1-2-4-9(8)15(13,14)10(7-12)5-6-10/h1-4H,5-6H2. The summed E-state index contributed by atoms with van der Waals surface area (Å²) >= 11 is 0. The van der Waals surface area contributed by atoms with Crippen molar-refractivity contribution < 1.29 is 12.8 Å². The molecule has 0 bridgehead atoms. The number of halogens is 1. The molecule has 0 amide bonds. The van der Waals surface area contributed by atoms with Gasteiger partial charge in [0, 0.05) is 0 Å². The molecule has 0 N–H and O–H groups in total. The van der Waals surface area contributed by atoms with Gasteiger partial charge in [-0.15, -0.1) is 0 Å². The summed E-state index contributed by atoms with van der Waals surface area (Å²) in [5.74, 6) is -0.793. The first-order valence-electron chi connectivity index (χ1n) is 4.44. The highest BCUT2D eigenvalue weighted by Crippen LogP contribution is 2.46. The van der Waals surface area contributed by atoms with Gasteiger partial charge in [0.25, 0.3) is 0 Å². The Labute approximate surface area is 87.1 Å². The molecule has 1 aliphatic carbocycles. The van der Waals surface area contributed by atoms with Gasteiger partial charge in [0.05, 0.1) is 6.07 Å². The number of hydrogen-bond acceptors (Lipinski definition) is 3. The molecule has 0 radical (unpaired) electrons. The van der Waals surface area contributed by atoms with Crippen molar-refractivity contribution in [2.24, 2.45) is 0 Å². The van der Waals surface area contributed by atoms with Crippen molar-refractivity contribution in [2.75, 3.05) is 0 Å². The molecule has 1 saturated carbocycles. The molecule has 0 aromatic heterocycles. The molecule has 2 rings (SSSR count). The van der Waals surface area contributed by atoms with E-state index in [0.29, 0.717) is 12.8 Å². The van der Waals surface area contributed by atoms with Crippen molar-refractivity contribution in [3.05, 3.63) is 30.1 Å². The number of nitriles is 1. The van der Waals surface area contributed by atoms with Crippen LogP contribution in [0.2, 0.25) is 0 Å². The first-order valence-corrected chi connectivity index (χ1v) is 5.92. The van der Waals surface area contributed by atoms with Crippen molar-refractivity contribution >= 4 is 9.84 Å². The molecule has 0 saturated heterocycles. The van der Waals surface area contributed by atoms with Gasteiger partial charge < -0.3 is 0 Å². The second-order valence-corrected chi connectivity index (χ2v) is 5.77. The average Bonchev–Trinajstić information content (AvgIpc) is 2.98. The van der Waals surface area contributed by atoms with Crippen molar-refractivity contribution in [3.63, 3.8) is 0 Å². The fraction of sp³-hybridized carbons (Fsp3) is 0.300. The molecule has 1 fully saturated rings. The molecule has 78 valence electrons. The van der Waals surface area contributed by atoms with Crippen molar-refractivity contribution in [1.29, 1.82) is 5.26 Å². The first kappa shape index (κ1) is 10.1. The van der Waals surface area contributed by atoms with Crippen molar-refractivity contribution in [2.45, 2.75) is 22.5 Å². The third kappa shape index (κ3) is 1.33. The quantitative estimate of drug-likeness (QED) is 0.769. The van der Waals surface area contributed by atoms with Gasteiger partial charge in [-0.3, -0.25) is 0 Å². The smallest absolute Gasteiger partial charge is 0.200 e. The van der Waals surface area contributed by atoms with Crippen LogP contribution in [0.5, 0.6) is 0 Å². The Hall–Kier alpha value is -1.41. The summed E-state index contributed by atoms with van der Waals surface area (Å²) in [7, 11) is -3.84. The van der Waals surface area contributed by atoms with Gasteiger partial charge in [0.2, 0.25) is 0 Å². The molecule has 1 aromatic carbocycles. The summed E-state index contributed by atoms with van der Waals surface area (Å²) < 4.78 is 35.7. The lowest BCUT2D eigenvalue weighted by atomic mass is 10.3. The van der Waals surface area contributed by atoms with Crippen LogP contribution in [0.15, 0.2) is 29.2 Å². The van der Waals surface area contributed by atoms with Gasteiger partial charge in [-0.05, 0) is 25.0 Å². The van der Waals surface area contributed by atoms with E-state index in [1.54, 1.807) is 6.07 Å². The molecule has 0 atom stereocenters. The summed E-state index contributed by atoms with van der Waals surface area (Å²) in [6.45, 7) is 0. The van der Waals surface area contributed by atoms with Crippen molar-refractivity contribution in [1.82, 2.24) is 0 Å². The van der Waals surface area contributed by atoms with E-state index >= 15 is 0 Å². The van der Waals surface area contributed by atoms with Crippen LogP contribution in [0, 0.1) is 17.1 Å². The maximum absolute atomic E-state index is 13.3. The monoisotopic (exact) mass is 225 g/mol. The normalized spacial score (nSPS) is 18.1. The zero-order chi connectivity index (χ0) is 11.1. The van der Waals surface area contributed by atoms with Crippen LogP contribution in [0.4, 0.5) is 4.39 Å². The Morgan fingerprint density at radius 1 is 1.33 bits per heavy atom. The maximum Gasteiger partial charge on any atom is 0.200 e. The molecular weight excluding hydrogens is 217 g/mol. The largest absolute Gasteiger partial charge is 0.222 e. The summed E-state index contributed by atoms with van der Waals surface area (Å²) in [6, 6.07) is 6.91. The van der Waals surface area contributed by atoms with Crippen LogP contribution < -0.4 is 0 Å². The SMILES string of the molecule is N#CC1(S(=O)(=O)c2ccccc2F)CC1. The third-order valence-corrected chi connectivity index (χ3v) is 4.99. The molecule has 1 aromatic rings. The van der Waals surface area contributed by atoms with E-state index in [-0.39, 0.29) is 4.90 Å². The Balaban J connectivity index is 2.59. The molecule has 0 aliphatic heterocycles. The lowest BCUT2D eigenvalue weighted by Gasteiger charge is -2.08. The van der Waals surface area contributed by atoms with Crippen LogP contribution in [-0.4, -0.2) is 13.2 Å². The van der Waals surface area contributed by atoms with Gasteiger partial charge in [0.1, 0.15) is 10.7 Å². The van der Waals surface area contributed by atoms with E-state index in [9.17, 15) is 12.8 Å². The average molecular weight is 225 g/mol. The molecule has 3 nitrogen and oxygen atoms in total. The minimum Gasteiger partial charge on any atom is -0.222 e. The van der Waals surface area contributed by atoms with Crippen LogP contribution in [0.1, 0.15) is 12.8 Å². The topological polar surface area (TPSA) is 57.9 Å². The number of benzene rings is 1. The zero-order valence-electron chi connectivity index (χ0n) is 7.77. The molecule has 15 heavy (non-hydrogen) atoms. The summed E-state index contributed by atoms with van der Waals surface area (Å²) in [5.41, 5.74) is 0. The van der Waals surface area contributed by atoms with E-state index in [1.807, 2.05) is 0 Å². The van der Waals surface area contributed by atoms with Crippen LogP contribution in [0.25, 0.3) is 0 Å². The van der Waals surface area contributed by atoms with Crippen LogP contribution >= 0.6 is 0 Å². The maximum atomic E-state index is 13.3. The Bertz CT molecular complexity index is 541. The zero-order valence-corrected chi connectivity index (χ0v) is 8.59. The van der Waals surface area contributed by atoms with E-state index in [0.717, 1.165) is 6.07 Å². The number of rotatable bonds is 2. The summed E-state index contributed by atoms with van der Waals surface area (Å²) in [5, 5.41) is 8.79. The Kier molecular flexibility index (Phi) is 2.05. The highest BCUT2D eigenvalue weighted by molar-refractivity contribution is 7.93. The Morgan fingerprint density at radius 2 is 1.93 bits per heavy atom. The molecular formula is C10H8FNO2S. The second-order valence-electron chi connectivity index (χ2n) is 3.54. The lowest BCUT2D eigenvalue weighted by Crippen LogP contribution is -2.22. The molecule has 5 heteroatoms. The molecule has 0 spiro atoms.